The standard InChI is InChI=1S/C11H12BrN3S/c1-7-4-9(12)5-8(2)10(7)15-11(16-3)14-6-13/h4-5H,1-3H3,(H,14,15). The molecule has 1 aromatic carbocycles. The Bertz CT molecular complexity index is 440. The smallest absolute Gasteiger partial charge is 0.183 e. The van der Waals surface area contributed by atoms with Crippen molar-refractivity contribution in [2.75, 3.05) is 6.26 Å². The Balaban J connectivity index is 3.19. The number of amidine groups is 1. The SMILES string of the molecule is CSC(=Nc1c(C)cc(Br)cc1C)NC#N. The Morgan fingerprint density at radius 3 is 2.44 bits per heavy atom. The van der Waals surface area contributed by atoms with Crippen LogP contribution in [0.2, 0.25) is 0 Å². The molecule has 0 saturated heterocycles. The van der Waals surface area contributed by atoms with Crippen molar-refractivity contribution in [3.05, 3.63) is 27.7 Å². The van der Waals surface area contributed by atoms with Gasteiger partial charge in [-0.05, 0) is 43.4 Å². The van der Waals surface area contributed by atoms with Gasteiger partial charge in [0.2, 0.25) is 0 Å². The molecule has 0 amide bonds. The molecule has 0 fully saturated rings. The van der Waals surface area contributed by atoms with Crippen molar-refractivity contribution in [3.8, 4) is 6.19 Å². The Morgan fingerprint density at radius 2 is 2.00 bits per heavy atom. The van der Waals surface area contributed by atoms with Crippen LogP contribution < -0.4 is 5.32 Å². The van der Waals surface area contributed by atoms with Crippen LogP contribution in [-0.2, 0) is 0 Å². The van der Waals surface area contributed by atoms with E-state index in [-0.39, 0.29) is 0 Å². The van der Waals surface area contributed by atoms with Gasteiger partial charge in [-0.25, -0.2) is 4.99 Å². The summed E-state index contributed by atoms with van der Waals surface area (Å²) in [7, 11) is 0. The van der Waals surface area contributed by atoms with Crippen molar-refractivity contribution in [1.82, 2.24) is 5.32 Å². The fraction of sp³-hybridized carbons (Fsp3) is 0.273. The normalized spacial score (nSPS) is 11.1. The summed E-state index contributed by atoms with van der Waals surface area (Å²) in [5, 5.41) is 11.7. The van der Waals surface area contributed by atoms with Crippen LogP contribution in [-0.4, -0.2) is 11.4 Å². The molecule has 0 unspecified atom stereocenters. The fourth-order valence-electron chi connectivity index (χ4n) is 1.35. The van der Waals surface area contributed by atoms with E-state index >= 15 is 0 Å². The van der Waals surface area contributed by atoms with E-state index < -0.39 is 0 Å². The summed E-state index contributed by atoms with van der Waals surface area (Å²) < 4.78 is 1.04. The van der Waals surface area contributed by atoms with Crippen LogP contribution in [0.15, 0.2) is 21.6 Å². The van der Waals surface area contributed by atoms with Crippen LogP contribution in [0, 0.1) is 25.3 Å². The first kappa shape index (κ1) is 13.1. The number of nitriles is 1. The highest BCUT2D eigenvalue weighted by molar-refractivity contribution is 9.10. The number of benzene rings is 1. The molecule has 0 atom stereocenters. The van der Waals surface area contributed by atoms with Gasteiger partial charge in [0.15, 0.2) is 11.4 Å². The monoisotopic (exact) mass is 297 g/mol. The molecular formula is C11H12BrN3S. The van der Waals surface area contributed by atoms with E-state index in [2.05, 4.69) is 26.2 Å². The number of hydrogen-bond acceptors (Lipinski definition) is 3. The first-order chi connectivity index (χ1) is 7.58. The van der Waals surface area contributed by atoms with Crippen molar-refractivity contribution >= 4 is 38.5 Å². The number of aryl methyl sites for hydroxylation is 2. The lowest BCUT2D eigenvalue weighted by Crippen LogP contribution is -2.12. The zero-order valence-corrected chi connectivity index (χ0v) is 11.7. The molecule has 0 bridgehead atoms. The molecule has 0 saturated carbocycles. The molecular weight excluding hydrogens is 286 g/mol. The van der Waals surface area contributed by atoms with Crippen LogP contribution in [0.3, 0.4) is 0 Å². The lowest BCUT2D eigenvalue weighted by Gasteiger charge is -2.07. The summed E-state index contributed by atoms with van der Waals surface area (Å²) in [6.45, 7) is 4.00. The van der Waals surface area contributed by atoms with Gasteiger partial charge in [0.1, 0.15) is 0 Å². The Morgan fingerprint density at radius 1 is 1.44 bits per heavy atom. The number of halogens is 1. The van der Waals surface area contributed by atoms with E-state index in [1.807, 2.05) is 38.4 Å². The van der Waals surface area contributed by atoms with Crippen molar-refractivity contribution in [2.45, 2.75) is 13.8 Å². The highest BCUT2D eigenvalue weighted by atomic mass is 79.9. The minimum atomic E-state index is 0.607. The summed E-state index contributed by atoms with van der Waals surface area (Å²) in [4.78, 5) is 4.43. The van der Waals surface area contributed by atoms with E-state index in [1.54, 1.807) is 0 Å². The zero-order chi connectivity index (χ0) is 12.1. The average Bonchev–Trinajstić information content (AvgIpc) is 2.21. The highest BCUT2D eigenvalue weighted by Gasteiger charge is 2.04. The second kappa shape index (κ2) is 5.92. The van der Waals surface area contributed by atoms with E-state index in [4.69, 9.17) is 5.26 Å². The topological polar surface area (TPSA) is 48.2 Å². The van der Waals surface area contributed by atoms with Gasteiger partial charge in [-0.2, -0.15) is 5.26 Å². The van der Waals surface area contributed by atoms with Gasteiger partial charge in [0, 0.05) is 4.47 Å². The molecule has 84 valence electrons. The third kappa shape index (κ3) is 3.26. The van der Waals surface area contributed by atoms with Crippen molar-refractivity contribution in [2.24, 2.45) is 4.99 Å². The van der Waals surface area contributed by atoms with Gasteiger partial charge >= 0.3 is 0 Å². The van der Waals surface area contributed by atoms with E-state index in [0.717, 1.165) is 21.3 Å². The molecule has 0 aliphatic carbocycles. The maximum absolute atomic E-state index is 8.57. The second-order valence-corrected chi connectivity index (χ2v) is 4.96. The van der Waals surface area contributed by atoms with E-state index in [0.29, 0.717) is 5.17 Å². The summed E-state index contributed by atoms with van der Waals surface area (Å²) in [6, 6.07) is 4.02. The van der Waals surface area contributed by atoms with Gasteiger partial charge in [0.05, 0.1) is 5.69 Å². The van der Waals surface area contributed by atoms with Gasteiger partial charge in [0.25, 0.3) is 0 Å². The molecule has 1 N–H and O–H groups in total. The molecule has 0 spiro atoms. The Hall–Kier alpha value is -0.990. The Kier molecular flexibility index (Phi) is 4.84. The molecule has 0 aromatic heterocycles. The third-order valence-corrected chi connectivity index (χ3v) is 3.06. The number of nitrogens with one attached hydrogen (secondary N) is 1. The highest BCUT2D eigenvalue weighted by Crippen LogP contribution is 2.28. The summed E-state index contributed by atoms with van der Waals surface area (Å²) in [5.41, 5.74) is 3.08. The second-order valence-electron chi connectivity index (χ2n) is 3.25. The minimum absolute atomic E-state index is 0.607. The molecule has 1 rings (SSSR count). The van der Waals surface area contributed by atoms with Crippen LogP contribution in [0.5, 0.6) is 0 Å². The van der Waals surface area contributed by atoms with E-state index in [9.17, 15) is 0 Å². The van der Waals surface area contributed by atoms with Gasteiger partial charge in [-0.3, -0.25) is 5.32 Å². The fourth-order valence-corrected chi connectivity index (χ4v) is 2.37. The largest absolute Gasteiger partial charge is 0.271 e. The molecule has 0 aliphatic rings. The molecule has 5 heteroatoms. The lowest BCUT2D eigenvalue weighted by molar-refractivity contribution is 1.25. The van der Waals surface area contributed by atoms with Crippen molar-refractivity contribution < 1.29 is 0 Å². The third-order valence-electron chi connectivity index (χ3n) is 2.03. The van der Waals surface area contributed by atoms with Gasteiger partial charge < -0.3 is 0 Å². The van der Waals surface area contributed by atoms with Crippen LogP contribution in [0.25, 0.3) is 0 Å². The summed E-state index contributed by atoms with van der Waals surface area (Å²) in [6.07, 6.45) is 3.76. The molecule has 0 aliphatic heterocycles. The number of thioether (sulfide) groups is 1. The number of hydrogen-bond donors (Lipinski definition) is 1. The first-order valence-electron chi connectivity index (χ1n) is 4.63. The van der Waals surface area contributed by atoms with E-state index in [1.165, 1.54) is 11.8 Å². The van der Waals surface area contributed by atoms with Gasteiger partial charge in [-0.15, -0.1) is 0 Å². The molecule has 1 aromatic rings. The maximum atomic E-state index is 8.57. The Labute approximate surface area is 108 Å². The average molecular weight is 298 g/mol. The molecule has 3 nitrogen and oxygen atoms in total. The summed E-state index contributed by atoms with van der Waals surface area (Å²) >= 11 is 4.86. The molecule has 0 heterocycles. The zero-order valence-electron chi connectivity index (χ0n) is 9.34. The minimum Gasteiger partial charge on any atom is -0.271 e. The van der Waals surface area contributed by atoms with Crippen LogP contribution in [0.1, 0.15) is 11.1 Å². The molecule has 16 heavy (non-hydrogen) atoms. The van der Waals surface area contributed by atoms with Crippen molar-refractivity contribution in [3.63, 3.8) is 0 Å². The predicted octanol–water partition coefficient (Wildman–Crippen LogP) is 3.49. The first-order valence-corrected chi connectivity index (χ1v) is 6.64. The maximum Gasteiger partial charge on any atom is 0.183 e. The molecule has 0 radical (unpaired) electrons. The number of rotatable bonds is 1. The van der Waals surface area contributed by atoms with Gasteiger partial charge in [-0.1, -0.05) is 27.7 Å². The predicted molar refractivity (Wildman–Crippen MR) is 73.0 cm³/mol. The number of nitrogens with zero attached hydrogens (tertiary/aromatic N) is 2. The quantitative estimate of drug-likeness (QED) is 0.374. The van der Waals surface area contributed by atoms with Crippen LogP contribution in [0.4, 0.5) is 5.69 Å². The number of aliphatic imine (C=N–C) groups is 1. The summed E-state index contributed by atoms with van der Waals surface area (Å²) in [5.74, 6) is 0. The lowest BCUT2D eigenvalue weighted by atomic mass is 10.1. The van der Waals surface area contributed by atoms with Crippen LogP contribution >= 0.6 is 27.7 Å². The van der Waals surface area contributed by atoms with Crippen molar-refractivity contribution in [1.29, 1.82) is 5.26 Å².